The first kappa shape index (κ1) is 48.5. The highest BCUT2D eigenvalue weighted by molar-refractivity contribution is 7.80. The van der Waals surface area contributed by atoms with Gasteiger partial charge in [0, 0.05) is 37.1 Å². The fourth-order valence-electron chi connectivity index (χ4n) is 4.39. The molecular formula is C25H45N8O18P3S. The van der Waals surface area contributed by atoms with Crippen LogP contribution in [0.5, 0.6) is 0 Å². The molecule has 0 radical (unpaired) electrons. The Hall–Kier alpha value is -2.68. The summed E-state index contributed by atoms with van der Waals surface area (Å²) in [5.41, 5.74) is 9.31. The number of rotatable bonds is 21. The lowest BCUT2D eigenvalue weighted by atomic mass is 9.87. The zero-order valence-electron chi connectivity index (χ0n) is 29.3. The molecular weight excluding hydrogens is 825 g/mol. The topological polar surface area (TPSA) is 410 Å². The second kappa shape index (κ2) is 21.2. The molecule has 1 saturated heterocycles. The summed E-state index contributed by atoms with van der Waals surface area (Å²) in [6.45, 7) is 1.19. The number of carboxylic acids is 1. The molecule has 0 saturated carbocycles. The smallest absolute Gasteiger partial charge is 0.481 e. The van der Waals surface area contributed by atoms with Crippen molar-refractivity contribution < 1.29 is 85.6 Å². The van der Waals surface area contributed by atoms with Gasteiger partial charge in [0.1, 0.15) is 36.3 Å². The van der Waals surface area contributed by atoms with Gasteiger partial charge in [-0.15, -0.1) is 0 Å². The van der Waals surface area contributed by atoms with Crippen molar-refractivity contribution in [3.8, 4) is 0 Å². The number of phosphoric ester groups is 3. The first-order valence-corrected chi connectivity index (χ1v) is 21.0. The second-order valence-corrected chi connectivity index (χ2v) is 16.8. The van der Waals surface area contributed by atoms with Crippen LogP contribution in [0.1, 0.15) is 39.3 Å². The van der Waals surface area contributed by atoms with Crippen LogP contribution in [0.2, 0.25) is 0 Å². The molecule has 314 valence electrons. The average molecular weight is 871 g/mol. The highest BCUT2D eigenvalue weighted by atomic mass is 32.1. The number of carbonyl (C=O) groups is 3. The van der Waals surface area contributed by atoms with E-state index in [4.69, 9.17) is 30.4 Å². The standard InChI is InChI=1S/C21H36N7O16P3S.C4H9NO2/c1-21(2,16(31)19(32)24-4-3-12(29)23-5-6-48)8-41-47(38,39)44-46(36,37)40-7-11-15(43-45(33,34)35)14(30)20(42-11)28-10-27-13-17(22)25-9-26-18(13)28;5-3-1-2-4(6)7/h9-11,14-16,20,30-31,48H,3-8H2,1-2H3,(H,23,29)(H,24,32)(H,36,37)(H,38,39)(H2,22,25,26)(H2,33,34,35);1-3,5H2,(H,6,7)/t11-,14-,15-,16?,20-;/m1./s1. The Morgan fingerprint density at radius 2 is 1.71 bits per heavy atom. The van der Waals surface area contributed by atoms with Gasteiger partial charge in [-0.25, -0.2) is 28.6 Å². The maximum atomic E-state index is 12.6. The Morgan fingerprint density at radius 1 is 1.05 bits per heavy atom. The van der Waals surface area contributed by atoms with Crippen molar-refractivity contribution in [3.05, 3.63) is 12.7 Å². The van der Waals surface area contributed by atoms with Crippen LogP contribution < -0.4 is 22.1 Å². The van der Waals surface area contributed by atoms with E-state index in [1.807, 2.05) is 0 Å². The number of aliphatic carboxylic acids is 1. The average Bonchev–Trinajstić information content (AvgIpc) is 3.64. The number of aromatic nitrogens is 4. The predicted molar refractivity (Wildman–Crippen MR) is 189 cm³/mol. The van der Waals surface area contributed by atoms with Gasteiger partial charge in [0.05, 0.1) is 19.5 Å². The van der Waals surface area contributed by atoms with Gasteiger partial charge in [-0.05, 0) is 13.0 Å². The van der Waals surface area contributed by atoms with Gasteiger partial charge < -0.3 is 61.7 Å². The van der Waals surface area contributed by atoms with E-state index in [9.17, 15) is 57.9 Å². The van der Waals surface area contributed by atoms with Crippen molar-refractivity contribution in [1.29, 1.82) is 0 Å². The second-order valence-electron chi connectivity index (χ2n) is 12.1. The number of fused-ring (bicyclic) bond motifs is 1. The number of hydrogen-bond donors (Lipinski definition) is 12. The van der Waals surface area contributed by atoms with Crippen LogP contribution >= 0.6 is 36.1 Å². The van der Waals surface area contributed by atoms with Gasteiger partial charge in [0.2, 0.25) is 11.8 Å². The Morgan fingerprint density at radius 3 is 2.29 bits per heavy atom. The number of carboxylic acid groups (broad SMARTS) is 1. The van der Waals surface area contributed by atoms with Crippen molar-refractivity contribution in [2.75, 3.05) is 44.3 Å². The molecule has 3 unspecified atom stereocenters. The number of hydrogen-bond acceptors (Lipinski definition) is 19. The summed E-state index contributed by atoms with van der Waals surface area (Å²) in [7, 11) is -16.3. The van der Waals surface area contributed by atoms with Gasteiger partial charge in [0.15, 0.2) is 17.7 Å². The first-order valence-electron chi connectivity index (χ1n) is 15.8. The first-order chi connectivity index (χ1) is 25.4. The van der Waals surface area contributed by atoms with E-state index in [0.29, 0.717) is 25.3 Å². The molecule has 0 aliphatic carbocycles. The van der Waals surface area contributed by atoms with E-state index < -0.39 is 84.6 Å². The van der Waals surface area contributed by atoms with Crippen molar-refractivity contribution >= 4 is 70.9 Å². The number of aliphatic hydroxyl groups is 2. The Kier molecular flexibility index (Phi) is 18.7. The van der Waals surface area contributed by atoms with E-state index in [1.165, 1.54) is 13.8 Å². The van der Waals surface area contributed by atoms with E-state index in [2.05, 4.69) is 47.0 Å². The molecule has 1 aliphatic heterocycles. The summed E-state index contributed by atoms with van der Waals surface area (Å²) < 4.78 is 61.7. The van der Waals surface area contributed by atoms with Crippen LogP contribution in [0.4, 0.5) is 5.82 Å². The minimum Gasteiger partial charge on any atom is -0.481 e. The molecule has 2 amide bonds. The summed E-state index contributed by atoms with van der Waals surface area (Å²) in [6, 6.07) is 0. The molecule has 3 rings (SSSR count). The number of nitrogens with zero attached hydrogens (tertiary/aromatic N) is 4. The van der Waals surface area contributed by atoms with Crippen molar-refractivity contribution in [2.45, 2.75) is 63.8 Å². The largest absolute Gasteiger partial charge is 0.481 e. The van der Waals surface area contributed by atoms with E-state index >= 15 is 0 Å². The molecule has 30 heteroatoms. The van der Waals surface area contributed by atoms with Crippen LogP contribution in [0.3, 0.4) is 0 Å². The molecule has 55 heavy (non-hydrogen) atoms. The van der Waals surface area contributed by atoms with Crippen molar-refractivity contribution in [1.82, 2.24) is 30.2 Å². The lowest BCUT2D eigenvalue weighted by molar-refractivity contribution is -0.137. The van der Waals surface area contributed by atoms with Gasteiger partial charge in [0.25, 0.3) is 0 Å². The van der Waals surface area contributed by atoms with E-state index in [0.717, 1.165) is 17.2 Å². The number of carbonyl (C=O) groups excluding carboxylic acids is 2. The van der Waals surface area contributed by atoms with Crippen LogP contribution in [0.15, 0.2) is 12.7 Å². The van der Waals surface area contributed by atoms with Crippen LogP contribution in [0, 0.1) is 5.41 Å². The molecule has 2 aromatic heterocycles. The van der Waals surface area contributed by atoms with Gasteiger partial charge >= 0.3 is 29.4 Å². The number of nitrogen functional groups attached to an aromatic ring is 1. The zero-order chi connectivity index (χ0) is 41.8. The highest BCUT2D eigenvalue weighted by Crippen LogP contribution is 2.61. The lowest BCUT2D eigenvalue weighted by Crippen LogP contribution is -2.46. The maximum absolute atomic E-state index is 12.6. The van der Waals surface area contributed by atoms with Gasteiger partial charge in [-0.3, -0.25) is 32.5 Å². The minimum absolute atomic E-state index is 0.0363. The van der Waals surface area contributed by atoms with Crippen molar-refractivity contribution in [3.63, 3.8) is 0 Å². The highest BCUT2D eigenvalue weighted by Gasteiger charge is 2.50. The quantitative estimate of drug-likeness (QED) is 0.0483. The number of ether oxygens (including phenoxy) is 1. The Bertz CT molecular complexity index is 1750. The number of phosphoric acid groups is 3. The molecule has 26 nitrogen and oxygen atoms in total. The number of anilines is 1. The third-order valence-electron chi connectivity index (χ3n) is 7.11. The van der Waals surface area contributed by atoms with Gasteiger partial charge in [-0.1, -0.05) is 13.8 Å². The monoisotopic (exact) mass is 870 g/mol. The normalized spacial score (nSPS) is 21.5. The number of nitrogens with one attached hydrogen (secondary N) is 2. The maximum Gasteiger partial charge on any atom is 0.481 e. The molecule has 1 aliphatic rings. The fraction of sp³-hybridized carbons (Fsp3) is 0.680. The number of nitrogens with two attached hydrogens (primary N) is 2. The number of imidazole rings is 1. The van der Waals surface area contributed by atoms with Crippen LogP contribution in [0.25, 0.3) is 11.2 Å². The Labute approximate surface area is 318 Å². The summed E-state index contributed by atoms with van der Waals surface area (Å²) in [4.78, 5) is 84.3. The van der Waals surface area contributed by atoms with Crippen LogP contribution in [-0.4, -0.2) is 135 Å². The molecule has 13 N–H and O–H groups in total. The molecule has 0 aromatic carbocycles. The number of aliphatic hydroxyl groups excluding tert-OH is 2. The third-order valence-corrected chi connectivity index (χ3v) is 10.4. The van der Waals surface area contributed by atoms with E-state index in [-0.39, 0.29) is 42.3 Å². The SMILES string of the molecule is CC(C)(COP(=O)(O)OP(=O)(O)OC[C@H]1O[C@@H](n2cnc3c(N)ncnc32)[C@H](O)[C@@H]1OP(=O)(O)O)C(O)C(=O)NCCC(=O)NCCS.NCCCC(=O)O. The summed E-state index contributed by atoms with van der Waals surface area (Å²) in [6.07, 6.45) is -5.97. The molecule has 0 bridgehead atoms. The van der Waals surface area contributed by atoms with E-state index in [1.54, 1.807) is 0 Å². The molecule has 2 aromatic rings. The Balaban J connectivity index is 0.00000136. The summed E-state index contributed by atoms with van der Waals surface area (Å²) in [5.74, 6) is -1.72. The fourth-order valence-corrected chi connectivity index (χ4v) is 7.33. The zero-order valence-corrected chi connectivity index (χ0v) is 32.8. The van der Waals surface area contributed by atoms with Crippen molar-refractivity contribution in [2.24, 2.45) is 11.1 Å². The molecule has 3 heterocycles. The third kappa shape index (κ3) is 16.0. The van der Waals surface area contributed by atoms with Crippen LogP contribution in [-0.2, 0) is 50.7 Å². The lowest BCUT2D eigenvalue weighted by Gasteiger charge is -2.30. The molecule has 0 spiro atoms. The predicted octanol–water partition coefficient (Wildman–Crippen LogP) is -1.86. The number of thiol groups is 1. The molecule has 1 fully saturated rings. The minimum atomic E-state index is -5.54. The van der Waals surface area contributed by atoms with Gasteiger partial charge in [-0.2, -0.15) is 16.9 Å². The summed E-state index contributed by atoms with van der Waals surface area (Å²) in [5, 5.41) is 34.1. The molecule has 7 atom stereocenters. The summed E-state index contributed by atoms with van der Waals surface area (Å²) >= 11 is 3.95. The number of amides is 2.